The van der Waals surface area contributed by atoms with Crippen LogP contribution in [0.1, 0.15) is 29.8 Å². The lowest BCUT2D eigenvalue weighted by Crippen LogP contribution is -2.35. The molecule has 1 aliphatic heterocycles. The summed E-state index contributed by atoms with van der Waals surface area (Å²) in [6, 6.07) is 4.11. The Labute approximate surface area is 118 Å². The van der Waals surface area contributed by atoms with E-state index in [9.17, 15) is 4.79 Å². The van der Waals surface area contributed by atoms with Gasteiger partial charge in [0.1, 0.15) is 6.17 Å². The average Bonchev–Trinajstić information content (AvgIpc) is 2.91. The molecule has 1 N–H and O–H groups in total. The fraction of sp³-hybridized carbons (Fsp3) is 0.643. The van der Waals surface area contributed by atoms with Gasteiger partial charge in [0, 0.05) is 23.4 Å². The van der Waals surface area contributed by atoms with Crippen molar-refractivity contribution >= 4 is 17.2 Å². The zero-order valence-corrected chi connectivity index (χ0v) is 12.8. The maximum absolute atomic E-state index is 12.5. The quantitative estimate of drug-likeness (QED) is 0.900. The van der Waals surface area contributed by atoms with Crippen LogP contribution in [0.5, 0.6) is 0 Å². The first kappa shape index (κ1) is 14.5. The lowest BCUT2D eigenvalue weighted by molar-refractivity contribution is -0.131. The Kier molecular flexibility index (Phi) is 4.60. The molecule has 0 radical (unpaired) electrons. The van der Waals surface area contributed by atoms with Gasteiger partial charge in [-0.15, -0.1) is 11.3 Å². The summed E-state index contributed by atoms with van der Waals surface area (Å²) in [6.45, 7) is 7.44. The molecule has 0 saturated carbocycles. The standard InChI is InChI=1S/C14H22N2O2S/c1-9(2)12-14(17)16(7-8-18-4)13(15-12)11-6-5-10(3)19-11/h5-6,9,12-13,15H,7-8H2,1-4H3. The smallest absolute Gasteiger partial charge is 0.241 e. The van der Waals surface area contributed by atoms with Gasteiger partial charge in [-0.3, -0.25) is 10.1 Å². The lowest BCUT2D eigenvalue weighted by atomic mass is 10.1. The van der Waals surface area contributed by atoms with Gasteiger partial charge < -0.3 is 9.64 Å². The number of hydrogen-bond donors (Lipinski definition) is 1. The molecule has 1 saturated heterocycles. The Hall–Kier alpha value is -0.910. The van der Waals surface area contributed by atoms with Crippen LogP contribution >= 0.6 is 11.3 Å². The summed E-state index contributed by atoms with van der Waals surface area (Å²) < 4.78 is 5.12. The predicted molar refractivity (Wildman–Crippen MR) is 77.1 cm³/mol. The molecule has 0 aromatic carbocycles. The average molecular weight is 282 g/mol. The molecular weight excluding hydrogens is 260 g/mol. The van der Waals surface area contributed by atoms with Gasteiger partial charge in [-0.2, -0.15) is 0 Å². The van der Waals surface area contributed by atoms with E-state index in [0.717, 1.165) is 0 Å². The van der Waals surface area contributed by atoms with Gasteiger partial charge in [-0.1, -0.05) is 13.8 Å². The van der Waals surface area contributed by atoms with E-state index >= 15 is 0 Å². The van der Waals surface area contributed by atoms with Gasteiger partial charge in [-0.05, 0) is 25.0 Å². The topological polar surface area (TPSA) is 41.6 Å². The Morgan fingerprint density at radius 2 is 2.21 bits per heavy atom. The van der Waals surface area contributed by atoms with E-state index in [0.29, 0.717) is 19.1 Å². The summed E-state index contributed by atoms with van der Waals surface area (Å²) in [4.78, 5) is 16.8. The van der Waals surface area contributed by atoms with Crippen molar-refractivity contribution in [1.82, 2.24) is 10.2 Å². The summed E-state index contributed by atoms with van der Waals surface area (Å²) in [6.07, 6.45) is -0.00579. The number of rotatable bonds is 5. The van der Waals surface area contributed by atoms with Crippen LogP contribution < -0.4 is 5.32 Å². The van der Waals surface area contributed by atoms with Crippen LogP contribution in [0.2, 0.25) is 0 Å². The largest absolute Gasteiger partial charge is 0.383 e. The second-order valence-electron chi connectivity index (χ2n) is 5.26. The van der Waals surface area contributed by atoms with Crippen molar-refractivity contribution in [1.29, 1.82) is 0 Å². The Morgan fingerprint density at radius 3 is 2.74 bits per heavy atom. The van der Waals surface area contributed by atoms with Gasteiger partial charge in [0.05, 0.1) is 12.6 Å². The third-order valence-corrected chi connectivity index (χ3v) is 4.48. The minimum Gasteiger partial charge on any atom is -0.383 e. The lowest BCUT2D eigenvalue weighted by Gasteiger charge is -2.22. The second-order valence-corrected chi connectivity index (χ2v) is 6.58. The van der Waals surface area contributed by atoms with Crippen molar-refractivity contribution in [2.24, 2.45) is 5.92 Å². The van der Waals surface area contributed by atoms with Crippen molar-refractivity contribution in [3.63, 3.8) is 0 Å². The second kappa shape index (κ2) is 6.03. The molecule has 4 nitrogen and oxygen atoms in total. The molecule has 5 heteroatoms. The molecule has 1 aromatic rings. The molecule has 1 aromatic heterocycles. The van der Waals surface area contributed by atoms with E-state index in [1.54, 1.807) is 18.4 Å². The van der Waals surface area contributed by atoms with Crippen molar-refractivity contribution in [2.75, 3.05) is 20.3 Å². The number of nitrogens with zero attached hydrogens (tertiary/aromatic N) is 1. The number of nitrogens with one attached hydrogen (secondary N) is 1. The van der Waals surface area contributed by atoms with E-state index in [-0.39, 0.29) is 18.1 Å². The first-order chi connectivity index (χ1) is 9.04. The molecule has 2 atom stereocenters. The highest BCUT2D eigenvalue weighted by Gasteiger charge is 2.41. The van der Waals surface area contributed by atoms with Crippen molar-refractivity contribution < 1.29 is 9.53 Å². The van der Waals surface area contributed by atoms with Crippen LogP contribution in [0, 0.1) is 12.8 Å². The van der Waals surface area contributed by atoms with Crippen LogP contribution in [-0.4, -0.2) is 37.1 Å². The Morgan fingerprint density at radius 1 is 1.47 bits per heavy atom. The molecule has 0 aliphatic carbocycles. The number of amides is 1. The number of thiophene rings is 1. The molecule has 1 fully saturated rings. The SMILES string of the molecule is COCCN1C(=O)C(C(C)C)NC1c1ccc(C)s1. The minimum absolute atomic E-state index is 0.00579. The number of carbonyl (C=O) groups excluding carboxylic acids is 1. The Balaban J connectivity index is 2.21. The molecule has 1 aliphatic rings. The first-order valence-electron chi connectivity index (χ1n) is 6.66. The van der Waals surface area contributed by atoms with Crippen LogP contribution in [0.4, 0.5) is 0 Å². The van der Waals surface area contributed by atoms with Gasteiger partial charge in [0.2, 0.25) is 5.91 Å². The molecule has 1 amide bonds. The fourth-order valence-electron chi connectivity index (χ4n) is 2.38. The van der Waals surface area contributed by atoms with Gasteiger partial charge >= 0.3 is 0 Å². The normalized spacial score (nSPS) is 23.6. The van der Waals surface area contributed by atoms with E-state index in [1.807, 2.05) is 4.90 Å². The highest BCUT2D eigenvalue weighted by atomic mass is 32.1. The third kappa shape index (κ3) is 2.99. The summed E-state index contributed by atoms with van der Waals surface area (Å²) in [5, 5.41) is 3.46. The summed E-state index contributed by atoms with van der Waals surface area (Å²) >= 11 is 1.74. The number of methoxy groups -OCH3 is 1. The Bertz CT molecular complexity index is 444. The molecular formula is C14H22N2O2S. The predicted octanol–water partition coefficient (Wildman–Crippen LogP) is 2.16. The van der Waals surface area contributed by atoms with Gasteiger partial charge in [0.25, 0.3) is 0 Å². The first-order valence-corrected chi connectivity index (χ1v) is 7.48. The van der Waals surface area contributed by atoms with E-state index in [1.165, 1.54) is 9.75 Å². The van der Waals surface area contributed by atoms with E-state index in [2.05, 4.69) is 38.2 Å². The fourth-order valence-corrected chi connectivity index (χ4v) is 3.33. The van der Waals surface area contributed by atoms with Crippen LogP contribution in [0.25, 0.3) is 0 Å². The molecule has 2 unspecified atom stereocenters. The van der Waals surface area contributed by atoms with Gasteiger partial charge in [0.15, 0.2) is 0 Å². The summed E-state index contributed by atoms with van der Waals surface area (Å²) in [5.41, 5.74) is 0. The minimum atomic E-state index is -0.0933. The van der Waals surface area contributed by atoms with Gasteiger partial charge in [-0.25, -0.2) is 0 Å². The zero-order chi connectivity index (χ0) is 14.0. The molecule has 2 rings (SSSR count). The summed E-state index contributed by atoms with van der Waals surface area (Å²) in [5.74, 6) is 0.478. The molecule has 0 bridgehead atoms. The van der Waals surface area contributed by atoms with Crippen molar-refractivity contribution in [3.8, 4) is 0 Å². The highest BCUT2D eigenvalue weighted by Crippen LogP contribution is 2.31. The maximum Gasteiger partial charge on any atom is 0.241 e. The van der Waals surface area contributed by atoms with E-state index < -0.39 is 0 Å². The molecule has 19 heavy (non-hydrogen) atoms. The van der Waals surface area contributed by atoms with E-state index in [4.69, 9.17) is 4.74 Å². The van der Waals surface area contributed by atoms with Crippen LogP contribution in [0.15, 0.2) is 12.1 Å². The molecule has 0 spiro atoms. The monoisotopic (exact) mass is 282 g/mol. The molecule has 2 heterocycles. The van der Waals surface area contributed by atoms with Crippen LogP contribution in [-0.2, 0) is 9.53 Å². The van der Waals surface area contributed by atoms with Crippen LogP contribution in [0.3, 0.4) is 0 Å². The van der Waals surface area contributed by atoms with Crippen molar-refractivity contribution in [3.05, 3.63) is 21.9 Å². The zero-order valence-electron chi connectivity index (χ0n) is 12.0. The number of ether oxygens (including phenoxy) is 1. The third-order valence-electron chi connectivity index (χ3n) is 3.43. The highest BCUT2D eigenvalue weighted by molar-refractivity contribution is 7.12. The summed E-state index contributed by atoms with van der Waals surface area (Å²) in [7, 11) is 1.66. The van der Waals surface area contributed by atoms with Crippen molar-refractivity contribution in [2.45, 2.75) is 33.0 Å². The number of carbonyl (C=O) groups is 1. The number of aryl methyl sites for hydroxylation is 1. The number of hydrogen-bond acceptors (Lipinski definition) is 4. The molecule has 106 valence electrons. The maximum atomic E-state index is 12.5.